The van der Waals surface area contributed by atoms with Crippen LogP contribution < -0.4 is 0 Å². The van der Waals surface area contributed by atoms with Crippen LogP contribution in [0.25, 0.3) is 0 Å². The zero-order valence-electron chi connectivity index (χ0n) is 20.1. The van der Waals surface area contributed by atoms with Gasteiger partial charge in [0.1, 0.15) is 6.61 Å². The molecule has 29 heavy (non-hydrogen) atoms. The lowest BCUT2D eigenvalue weighted by molar-refractivity contribution is -0.157. The van der Waals surface area contributed by atoms with Gasteiger partial charge in [0, 0.05) is 17.8 Å². The first-order chi connectivity index (χ1) is 13.0. The maximum atomic E-state index is 11.8. The summed E-state index contributed by atoms with van der Waals surface area (Å²) in [6.45, 7) is 27.5. The molecule has 0 radical (unpaired) electrons. The van der Waals surface area contributed by atoms with Crippen molar-refractivity contribution in [2.45, 2.75) is 90.6 Å². The van der Waals surface area contributed by atoms with E-state index in [0.717, 1.165) is 12.5 Å². The molecule has 0 spiro atoms. The lowest BCUT2D eigenvalue weighted by Gasteiger charge is -2.50. The van der Waals surface area contributed by atoms with Crippen LogP contribution >= 0.6 is 0 Å². The molecule has 0 saturated carbocycles. The first-order valence-corrected chi connectivity index (χ1v) is 13.0. The van der Waals surface area contributed by atoms with Gasteiger partial charge in [-0.25, -0.2) is 9.59 Å². The van der Waals surface area contributed by atoms with Crippen LogP contribution in [0.15, 0.2) is 24.3 Å². The number of hydrogen-bond acceptors (Lipinski definition) is 5. The third-order valence-electron chi connectivity index (χ3n) is 5.95. The SMILES string of the molecule is C=C(C)C(=O)OCC(COCCC[Si](C)(C(C)(C)C)C(C)(C)C)OC(=O)C(=C)C. The average Bonchev–Trinajstić information content (AvgIpc) is 2.55. The molecule has 168 valence electrons. The number of ether oxygens (including phenoxy) is 3. The summed E-state index contributed by atoms with van der Waals surface area (Å²) >= 11 is 0. The van der Waals surface area contributed by atoms with Gasteiger partial charge >= 0.3 is 11.9 Å². The van der Waals surface area contributed by atoms with Crippen molar-refractivity contribution in [1.29, 1.82) is 0 Å². The monoisotopic (exact) mass is 426 g/mol. The van der Waals surface area contributed by atoms with Crippen molar-refractivity contribution in [3.63, 3.8) is 0 Å². The van der Waals surface area contributed by atoms with Crippen LogP contribution in [0.4, 0.5) is 0 Å². The molecular formula is C23H42O5Si. The zero-order valence-corrected chi connectivity index (χ0v) is 21.1. The van der Waals surface area contributed by atoms with E-state index in [1.54, 1.807) is 13.8 Å². The van der Waals surface area contributed by atoms with Crippen molar-refractivity contribution in [1.82, 2.24) is 0 Å². The second-order valence-electron chi connectivity index (χ2n) is 10.2. The van der Waals surface area contributed by atoms with Crippen molar-refractivity contribution in [2.24, 2.45) is 0 Å². The van der Waals surface area contributed by atoms with E-state index >= 15 is 0 Å². The lowest BCUT2D eigenvalue weighted by Crippen LogP contribution is -2.48. The summed E-state index contributed by atoms with van der Waals surface area (Å²) in [6.07, 6.45) is 0.278. The Morgan fingerprint density at radius 3 is 1.79 bits per heavy atom. The van der Waals surface area contributed by atoms with E-state index in [0.29, 0.717) is 27.8 Å². The molecule has 0 heterocycles. The summed E-state index contributed by atoms with van der Waals surface area (Å²) in [5.74, 6) is -1.04. The van der Waals surface area contributed by atoms with Gasteiger partial charge in [-0.15, -0.1) is 0 Å². The van der Waals surface area contributed by atoms with Crippen molar-refractivity contribution in [3.05, 3.63) is 24.3 Å². The Morgan fingerprint density at radius 1 is 0.897 bits per heavy atom. The summed E-state index contributed by atoms with van der Waals surface area (Å²) in [7, 11) is -1.57. The van der Waals surface area contributed by atoms with E-state index in [4.69, 9.17) is 14.2 Å². The van der Waals surface area contributed by atoms with E-state index < -0.39 is 26.1 Å². The Kier molecular flexibility index (Phi) is 10.6. The van der Waals surface area contributed by atoms with Crippen LogP contribution in [0, 0.1) is 0 Å². The van der Waals surface area contributed by atoms with Crippen molar-refractivity contribution in [3.8, 4) is 0 Å². The Labute approximate surface area is 178 Å². The van der Waals surface area contributed by atoms with Gasteiger partial charge in [-0.1, -0.05) is 67.3 Å². The number of hydrogen-bond donors (Lipinski definition) is 0. The molecule has 0 fully saturated rings. The molecule has 0 aromatic carbocycles. The number of rotatable bonds is 11. The molecule has 0 amide bonds. The van der Waals surface area contributed by atoms with Gasteiger partial charge in [0.15, 0.2) is 6.10 Å². The fourth-order valence-corrected chi connectivity index (χ4v) is 7.88. The van der Waals surface area contributed by atoms with E-state index in [9.17, 15) is 9.59 Å². The molecule has 5 nitrogen and oxygen atoms in total. The molecule has 1 atom stereocenters. The van der Waals surface area contributed by atoms with E-state index in [2.05, 4.69) is 61.2 Å². The molecule has 0 rings (SSSR count). The summed E-state index contributed by atoms with van der Waals surface area (Å²) in [5, 5.41) is 0.586. The minimum Gasteiger partial charge on any atom is -0.458 e. The summed E-state index contributed by atoms with van der Waals surface area (Å²) in [5.41, 5.74) is 0.586. The number of carbonyl (C=O) groups is 2. The van der Waals surface area contributed by atoms with Gasteiger partial charge in [0.2, 0.25) is 0 Å². The molecule has 0 bridgehead atoms. The normalized spacial score (nSPS) is 13.6. The Balaban J connectivity index is 4.76. The van der Waals surface area contributed by atoms with E-state index in [-0.39, 0.29) is 13.2 Å². The Bertz CT molecular complexity index is 581. The molecule has 0 aromatic rings. The number of carbonyl (C=O) groups excluding carboxylic acids is 2. The van der Waals surface area contributed by atoms with Gasteiger partial charge in [-0.2, -0.15) is 0 Å². The summed E-state index contributed by atoms with van der Waals surface area (Å²) < 4.78 is 16.3. The highest BCUT2D eigenvalue weighted by Crippen LogP contribution is 2.53. The maximum absolute atomic E-state index is 11.8. The smallest absolute Gasteiger partial charge is 0.333 e. The molecular weight excluding hydrogens is 384 g/mol. The highest BCUT2D eigenvalue weighted by Gasteiger charge is 2.47. The topological polar surface area (TPSA) is 61.8 Å². The predicted molar refractivity (Wildman–Crippen MR) is 122 cm³/mol. The Morgan fingerprint density at radius 2 is 1.38 bits per heavy atom. The quantitative estimate of drug-likeness (QED) is 0.184. The van der Waals surface area contributed by atoms with Crippen LogP contribution in [-0.2, 0) is 23.8 Å². The molecule has 0 aliphatic carbocycles. The van der Waals surface area contributed by atoms with Gasteiger partial charge in [0.05, 0.1) is 14.7 Å². The molecule has 0 aliphatic heterocycles. The minimum atomic E-state index is -1.57. The molecule has 0 saturated heterocycles. The highest BCUT2D eigenvalue weighted by molar-refractivity contribution is 6.83. The largest absolute Gasteiger partial charge is 0.458 e. The van der Waals surface area contributed by atoms with Crippen LogP contribution in [0.2, 0.25) is 22.7 Å². The zero-order chi connectivity index (χ0) is 23.0. The van der Waals surface area contributed by atoms with Crippen LogP contribution in [0.3, 0.4) is 0 Å². The Hall–Kier alpha value is -1.40. The first kappa shape index (κ1) is 27.6. The number of esters is 2. The second kappa shape index (κ2) is 11.1. The van der Waals surface area contributed by atoms with Crippen LogP contribution in [0.5, 0.6) is 0 Å². The van der Waals surface area contributed by atoms with E-state index in [1.165, 1.54) is 0 Å². The third kappa shape index (κ3) is 8.87. The standard InChI is InChI=1S/C23H42O5Si/c1-17(2)20(24)27-16-19(28-21(25)18(3)4)15-26-13-12-14-29(11,22(5,6)7)23(8,9)10/h19H,1,3,12-16H2,2,4-11H3. The van der Waals surface area contributed by atoms with Crippen LogP contribution in [-0.4, -0.2) is 45.9 Å². The molecule has 1 unspecified atom stereocenters. The van der Waals surface area contributed by atoms with Crippen molar-refractivity contribution >= 4 is 20.0 Å². The summed E-state index contributed by atoms with van der Waals surface area (Å²) in [6, 6.07) is 1.15. The molecule has 0 aromatic heterocycles. The van der Waals surface area contributed by atoms with Gasteiger partial charge in [-0.3, -0.25) is 0 Å². The summed E-state index contributed by atoms with van der Waals surface area (Å²) in [4.78, 5) is 23.5. The molecule has 0 N–H and O–H groups in total. The van der Waals surface area contributed by atoms with Crippen molar-refractivity contribution in [2.75, 3.05) is 19.8 Å². The third-order valence-corrected chi connectivity index (χ3v) is 13.9. The van der Waals surface area contributed by atoms with Crippen molar-refractivity contribution < 1.29 is 23.8 Å². The molecule has 6 heteroatoms. The second-order valence-corrected chi connectivity index (χ2v) is 16.4. The van der Waals surface area contributed by atoms with Gasteiger partial charge in [0.25, 0.3) is 0 Å². The first-order valence-electron chi connectivity index (χ1n) is 10.3. The fourth-order valence-electron chi connectivity index (χ4n) is 3.28. The highest BCUT2D eigenvalue weighted by atomic mass is 28.3. The van der Waals surface area contributed by atoms with Gasteiger partial charge in [-0.05, 0) is 30.3 Å². The average molecular weight is 427 g/mol. The molecule has 0 aliphatic rings. The fraction of sp³-hybridized carbons (Fsp3) is 0.739. The van der Waals surface area contributed by atoms with Crippen LogP contribution in [0.1, 0.15) is 61.8 Å². The lowest BCUT2D eigenvalue weighted by atomic mass is 10.2. The maximum Gasteiger partial charge on any atom is 0.333 e. The van der Waals surface area contributed by atoms with E-state index in [1.807, 2.05) is 0 Å². The predicted octanol–water partition coefficient (Wildman–Crippen LogP) is 5.68. The minimum absolute atomic E-state index is 0.0683. The van der Waals surface area contributed by atoms with Gasteiger partial charge < -0.3 is 14.2 Å².